The molecule has 0 atom stereocenters. The average Bonchev–Trinajstić information content (AvgIpc) is 3.31. The van der Waals surface area contributed by atoms with Gasteiger partial charge in [-0.15, -0.1) is 0 Å². The lowest BCUT2D eigenvalue weighted by atomic mass is 9.78. The molecule has 6 nitrogen and oxygen atoms in total. The van der Waals surface area contributed by atoms with Crippen molar-refractivity contribution in [1.29, 1.82) is 0 Å². The summed E-state index contributed by atoms with van der Waals surface area (Å²) in [7, 11) is 0. The number of benzene rings is 1. The maximum Gasteiger partial charge on any atom is 0.202 e. The SMILES string of the molecule is Cc1cccc(-c2[nH]nc3nc(N4CCC5(CCOC5)CC4)cnc23)c1Cl. The van der Waals surface area contributed by atoms with Crippen molar-refractivity contribution in [3.63, 3.8) is 0 Å². The Bertz CT molecular complexity index is 985. The first kappa shape index (κ1) is 17.0. The van der Waals surface area contributed by atoms with Crippen molar-refractivity contribution >= 4 is 28.6 Å². The van der Waals surface area contributed by atoms with Crippen molar-refractivity contribution in [2.75, 3.05) is 31.2 Å². The monoisotopic (exact) mass is 383 g/mol. The summed E-state index contributed by atoms with van der Waals surface area (Å²) < 4.78 is 5.63. The first-order chi connectivity index (χ1) is 13.2. The van der Waals surface area contributed by atoms with Crippen LogP contribution in [0, 0.1) is 12.3 Å². The molecule has 0 unspecified atom stereocenters. The lowest BCUT2D eigenvalue weighted by Gasteiger charge is -2.38. The predicted octanol–water partition coefficient (Wildman–Crippen LogP) is 3.99. The number of rotatable bonds is 2. The van der Waals surface area contributed by atoms with E-state index in [9.17, 15) is 0 Å². The molecule has 0 radical (unpaired) electrons. The van der Waals surface area contributed by atoms with E-state index in [4.69, 9.17) is 21.3 Å². The number of nitrogens with one attached hydrogen (secondary N) is 1. The molecule has 27 heavy (non-hydrogen) atoms. The highest BCUT2D eigenvalue weighted by molar-refractivity contribution is 6.34. The minimum absolute atomic E-state index is 0.384. The van der Waals surface area contributed by atoms with Crippen molar-refractivity contribution in [3.8, 4) is 11.3 Å². The van der Waals surface area contributed by atoms with Crippen LogP contribution in [0.25, 0.3) is 22.4 Å². The maximum atomic E-state index is 6.48. The number of aromatic nitrogens is 4. The highest BCUT2D eigenvalue weighted by Gasteiger charge is 2.38. The van der Waals surface area contributed by atoms with Crippen LogP contribution in [0.15, 0.2) is 24.4 Å². The maximum absolute atomic E-state index is 6.48. The molecular weight excluding hydrogens is 362 g/mol. The highest BCUT2D eigenvalue weighted by Crippen LogP contribution is 2.40. The van der Waals surface area contributed by atoms with E-state index in [-0.39, 0.29) is 0 Å². The summed E-state index contributed by atoms with van der Waals surface area (Å²) >= 11 is 6.48. The number of halogens is 1. The third-order valence-electron chi connectivity index (χ3n) is 6.05. The van der Waals surface area contributed by atoms with Crippen LogP contribution < -0.4 is 4.90 Å². The summed E-state index contributed by atoms with van der Waals surface area (Å²) in [5, 5.41) is 8.18. The van der Waals surface area contributed by atoms with Gasteiger partial charge in [-0.2, -0.15) is 5.10 Å². The fraction of sp³-hybridized carbons (Fsp3) is 0.450. The van der Waals surface area contributed by atoms with E-state index >= 15 is 0 Å². The van der Waals surface area contributed by atoms with Crippen LogP contribution in [0.1, 0.15) is 24.8 Å². The first-order valence-electron chi connectivity index (χ1n) is 9.45. The molecule has 1 spiro atoms. The zero-order chi connectivity index (χ0) is 18.4. The zero-order valence-electron chi connectivity index (χ0n) is 15.3. The Kier molecular flexibility index (Phi) is 4.06. The molecule has 0 bridgehead atoms. The van der Waals surface area contributed by atoms with Crippen molar-refractivity contribution in [1.82, 2.24) is 20.2 Å². The summed E-state index contributed by atoms with van der Waals surface area (Å²) in [5.74, 6) is 0.893. The molecule has 3 aromatic rings. The second kappa shape index (κ2) is 6.46. The van der Waals surface area contributed by atoms with Crippen molar-refractivity contribution in [3.05, 3.63) is 35.0 Å². The topological polar surface area (TPSA) is 66.9 Å². The van der Waals surface area contributed by atoms with Crippen LogP contribution >= 0.6 is 11.6 Å². The van der Waals surface area contributed by atoms with Crippen molar-refractivity contribution < 1.29 is 4.74 Å². The van der Waals surface area contributed by atoms with E-state index in [1.54, 1.807) is 0 Å². The number of anilines is 1. The van der Waals surface area contributed by atoms with Gasteiger partial charge in [0, 0.05) is 25.3 Å². The molecule has 2 aromatic heterocycles. The molecule has 0 amide bonds. The number of nitrogens with zero attached hydrogens (tertiary/aromatic N) is 4. The van der Waals surface area contributed by atoms with Crippen LogP contribution in [0.5, 0.6) is 0 Å². The minimum atomic E-state index is 0.384. The summed E-state index contributed by atoms with van der Waals surface area (Å²) in [6, 6.07) is 5.96. The molecule has 4 heterocycles. The Hall–Kier alpha value is -2.18. The van der Waals surface area contributed by atoms with Crippen LogP contribution in [-0.2, 0) is 4.74 Å². The van der Waals surface area contributed by atoms with Gasteiger partial charge in [-0.25, -0.2) is 9.97 Å². The van der Waals surface area contributed by atoms with Gasteiger partial charge < -0.3 is 9.64 Å². The third-order valence-corrected chi connectivity index (χ3v) is 6.55. The number of aryl methyl sites for hydroxylation is 1. The van der Waals surface area contributed by atoms with Gasteiger partial charge in [-0.1, -0.05) is 29.8 Å². The highest BCUT2D eigenvalue weighted by atomic mass is 35.5. The van der Waals surface area contributed by atoms with E-state index in [2.05, 4.69) is 20.1 Å². The van der Waals surface area contributed by atoms with Gasteiger partial charge in [0.15, 0.2) is 0 Å². The summed E-state index contributed by atoms with van der Waals surface area (Å²) in [4.78, 5) is 11.7. The molecule has 140 valence electrons. The van der Waals surface area contributed by atoms with Gasteiger partial charge in [0.1, 0.15) is 11.3 Å². The molecule has 2 saturated heterocycles. The van der Waals surface area contributed by atoms with E-state index in [1.165, 1.54) is 6.42 Å². The molecule has 1 N–H and O–H groups in total. The molecule has 2 aliphatic rings. The first-order valence-corrected chi connectivity index (χ1v) is 9.82. The molecule has 2 fully saturated rings. The zero-order valence-corrected chi connectivity index (χ0v) is 16.1. The fourth-order valence-corrected chi connectivity index (χ4v) is 4.44. The van der Waals surface area contributed by atoms with Crippen LogP contribution in [0.3, 0.4) is 0 Å². The number of piperidine rings is 1. The fourth-order valence-electron chi connectivity index (χ4n) is 4.22. The van der Waals surface area contributed by atoms with Crippen LogP contribution in [0.2, 0.25) is 5.02 Å². The summed E-state index contributed by atoms with van der Waals surface area (Å²) in [5.41, 5.74) is 4.52. The van der Waals surface area contributed by atoms with Crippen LogP contribution in [-0.4, -0.2) is 46.5 Å². The van der Waals surface area contributed by atoms with E-state index in [1.807, 2.05) is 31.3 Å². The Labute approximate surface area is 162 Å². The van der Waals surface area contributed by atoms with E-state index in [0.29, 0.717) is 16.1 Å². The lowest BCUT2D eigenvalue weighted by molar-refractivity contribution is 0.133. The Morgan fingerprint density at radius 2 is 2.07 bits per heavy atom. The number of ether oxygens (including phenoxy) is 1. The number of H-pyrrole nitrogens is 1. The summed E-state index contributed by atoms with van der Waals surface area (Å²) in [6.45, 7) is 5.79. The molecule has 0 aliphatic carbocycles. The molecule has 1 aromatic carbocycles. The van der Waals surface area contributed by atoms with E-state index < -0.39 is 0 Å². The molecule has 0 saturated carbocycles. The standard InChI is InChI=1S/C20H22ClN5O/c1-13-3-2-4-14(16(13)21)17-18-19(25-24-17)23-15(11-22-18)26-8-5-20(6-9-26)7-10-27-12-20/h2-4,11H,5-10,12H2,1H3,(H,23,24,25). The third kappa shape index (κ3) is 2.87. The number of hydrogen-bond acceptors (Lipinski definition) is 5. The largest absolute Gasteiger partial charge is 0.381 e. The van der Waals surface area contributed by atoms with E-state index in [0.717, 1.165) is 67.3 Å². The molecule has 2 aliphatic heterocycles. The van der Waals surface area contributed by atoms with Gasteiger partial charge in [0.25, 0.3) is 0 Å². The second-order valence-corrected chi connectivity index (χ2v) is 8.10. The summed E-state index contributed by atoms with van der Waals surface area (Å²) in [6.07, 6.45) is 5.34. The normalized spacial score (nSPS) is 19.3. The minimum Gasteiger partial charge on any atom is -0.381 e. The lowest BCUT2D eigenvalue weighted by Crippen LogP contribution is -2.40. The number of aromatic amines is 1. The van der Waals surface area contributed by atoms with Gasteiger partial charge in [0.2, 0.25) is 5.65 Å². The number of hydrogen-bond donors (Lipinski definition) is 1. The quantitative estimate of drug-likeness (QED) is 0.724. The number of fused-ring (bicyclic) bond motifs is 1. The average molecular weight is 384 g/mol. The Morgan fingerprint density at radius 1 is 1.22 bits per heavy atom. The Balaban J connectivity index is 1.43. The van der Waals surface area contributed by atoms with Crippen molar-refractivity contribution in [2.24, 2.45) is 5.41 Å². The molecule has 7 heteroatoms. The van der Waals surface area contributed by atoms with Gasteiger partial charge in [-0.05, 0) is 37.2 Å². The van der Waals surface area contributed by atoms with Crippen LogP contribution in [0.4, 0.5) is 5.82 Å². The predicted molar refractivity (Wildman–Crippen MR) is 106 cm³/mol. The molecule has 5 rings (SSSR count). The Morgan fingerprint density at radius 3 is 2.85 bits per heavy atom. The van der Waals surface area contributed by atoms with Gasteiger partial charge >= 0.3 is 0 Å². The van der Waals surface area contributed by atoms with Gasteiger partial charge in [0.05, 0.1) is 23.5 Å². The smallest absolute Gasteiger partial charge is 0.202 e. The molecular formula is C20H22ClN5O. The van der Waals surface area contributed by atoms with Gasteiger partial charge in [-0.3, -0.25) is 5.10 Å². The van der Waals surface area contributed by atoms with Crippen molar-refractivity contribution in [2.45, 2.75) is 26.2 Å². The second-order valence-electron chi connectivity index (χ2n) is 7.73.